The minimum atomic E-state index is -1.48. The number of aromatic nitrogens is 4. The van der Waals surface area contributed by atoms with Gasteiger partial charge in [-0.2, -0.15) is 0 Å². The second kappa shape index (κ2) is 18.0. The number of ether oxygens (including phenoxy) is 1. The van der Waals surface area contributed by atoms with Gasteiger partial charge in [-0.3, -0.25) is 19.3 Å². The SMILES string of the molecule is C/C=C1/CCC(NC(=O)c2cc(N3CC(F)(CN4CCN(c5cn6cc(NC(=O)/C(=C/N)c7ncccn7)c(OC(C)C)cc6n5)CC4)C3)ccc2F)C(=O)N1.CC. The standard InChI is InChI=1S/C39H45F2N11O4.C2H6/c1-4-25-6-9-30(38(55)45-25)46-36(53)27-16-26(7-8-29(27)40)52-22-39(41,23-52)21-49-12-14-50(15-13-49)34-20-51-19-31(32(56-24(2)3)17-33(51)48-34)47-37(54)28(18-42)35-43-10-5-11-44-35;1-2/h4-5,7-8,10-11,16-20,24,30H,6,9,12-15,21-23,42H2,1-3H3,(H,45,55)(H,46,53)(H,47,54);1-2H3/b25-4-,28-18+;. The van der Waals surface area contributed by atoms with Gasteiger partial charge in [0.2, 0.25) is 5.91 Å². The van der Waals surface area contributed by atoms with E-state index in [1.165, 1.54) is 30.6 Å². The van der Waals surface area contributed by atoms with Gasteiger partial charge in [-0.1, -0.05) is 19.9 Å². The number of halogens is 2. The summed E-state index contributed by atoms with van der Waals surface area (Å²) in [5.74, 6) is -0.870. The third-order valence-electron chi connectivity index (χ3n) is 10.0. The molecule has 1 atom stereocenters. The van der Waals surface area contributed by atoms with E-state index in [4.69, 9.17) is 15.5 Å². The summed E-state index contributed by atoms with van der Waals surface area (Å²) < 4.78 is 38.6. The number of hydrogen-bond acceptors (Lipinski definition) is 11. The lowest BCUT2D eigenvalue weighted by Gasteiger charge is -2.49. The fourth-order valence-corrected chi connectivity index (χ4v) is 7.15. The zero-order valence-corrected chi connectivity index (χ0v) is 33.5. The van der Waals surface area contributed by atoms with Gasteiger partial charge in [0.15, 0.2) is 11.5 Å². The fourth-order valence-electron chi connectivity index (χ4n) is 7.15. The normalized spacial score (nSPS) is 19.0. The lowest BCUT2D eigenvalue weighted by atomic mass is 9.94. The molecular formula is C41H51F2N11O4. The Bertz CT molecular complexity index is 2180. The number of benzene rings is 1. The van der Waals surface area contributed by atoms with Crippen LogP contribution >= 0.6 is 0 Å². The molecule has 0 radical (unpaired) electrons. The Morgan fingerprint density at radius 2 is 1.81 bits per heavy atom. The van der Waals surface area contributed by atoms with Crippen molar-refractivity contribution in [2.45, 2.75) is 65.3 Å². The number of carbonyl (C=O) groups is 3. The van der Waals surface area contributed by atoms with Crippen molar-refractivity contribution >= 4 is 46.1 Å². The van der Waals surface area contributed by atoms with Gasteiger partial charge in [0.05, 0.1) is 36.5 Å². The second-order valence-corrected chi connectivity index (χ2v) is 14.5. The minimum Gasteiger partial charge on any atom is -0.489 e. The Labute approximate surface area is 336 Å². The minimum absolute atomic E-state index is 0.101. The number of nitrogens with zero attached hydrogens (tertiary/aromatic N) is 7. The van der Waals surface area contributed by atoms with Crippen LogP contribution in [-0.2, 0) is 9.59 Å². The molecule has 17 heteroatoms. The van der Waals surface area contributed by atoms with Crippen LogP contribution in [0, 0.1) is 5.82 Å². The third-order valence-corrected chi connectivity index (χ3v) is 10.0. The molecule has 1 aromatic carbocycles. The number of anilines is 3. The summed E-state index contributed by atoms with van der Waals surface area (Å²) in [7, 11) is 0. The average molecular weight is 800 g/mol. The number of rotatable bonds is 11. The van der Waals surface area contributed by atoms with E-state index in [9.17, 15) is 18.8 Å². The number of piperidine rings is 1. The molecule has 0 aliphatic carbocycles. The summed E-state index contributed by atoms with van der Waals surface area (Å²) in [6.45, 7) is 12.5. The number of nitrogens with two attached hydrogens (primary N) is 1. The Balaban J connectivity index is 0.00000279. The zero-order valence-electron chi connectivity index (χ0n) is 33.5. The van der Waals surface area contributed by atoms with Gasteiger partial charge < -0.3 is 40.6 Å². The number of piperazine rings is 1. The van der Waals surface area contributed by atoms with Crippen LogP contribution in [0.3, 0.4) is 0 Å². The maximum atomic E-state index is 16.0. The van der Waals surface area contributed by atoms with Crippen LogP contribution < -0.4 is 36.2 Å². The summed E-state index contributed by atoms with van der Waals surface area (Å²) >= 11 is 0. The molecule has 3 aliphatic rings. The highest BCUT2D eigenvalue weighted by atomic mass is 19.1. The number of hydrogen-bond donors (Lipinski definition) is 4. The van der Waals surface area contributed by atoms with Crippen LogP contribution in [-0.4, -0.2) is 106 Å². The smallest absolute Gasteiger partial charge is 0.261 e. The van der Waals surface area contributed by atoms with Crippen molar-refractivity contribution in [2.24, 2.45) is 5.73 Å². The Hall–Kier alpha value is -6.10. The molecule has 1 unspecified atom stereocenters. The highest BCUT2D eigenvalue weighted by molar-refractivity contribution is 6.24. The fraction of sp³-hybridized carbons (Fsp3) is 0.415. The summed E-state index contributed by atoms with van der Waals surface area (Å²) in [5.41, 5.74) is 6.58. The van der Waals surface area contributed by atoms with Crippen LogP contribution in [0.2, 0.25) is 0 Å². The van der Waals surface area contributed by atoms with Gasteiger partial charge in [0, 0.05) is 75.0 Å². The number of fused-ring (bicyclic) bond motifs is 1. The van der Waals surface area contributed by atoms with Crippen molar-refractivity contribution in [3.05, 3.63) is 90.3 Å². The molecule has 6 heterocycles. The Morgan fingerprint density at radius 1 is 1.09 bits per heavy atom. The quantitative estimate of drug-likeness (QED) is 0.160. The molecule has 3 saturated heterocycles. The van der Waals surface area contributed by atoms with Crippen molar-refractivity contribution in [1.29, 1.82) is 0 Å². The van der Waals surface area contributed by atoms with E-state index in [1.54, 1.807) is 23.2 Å². The maximum absolute atomic E-state index is 16.0. The molecule has 3 fully saturated rings. The van der Waals surface area contributed by atoms with E-state index in [1.807, 2.05) is 51.3 Å². The van der Waals surface area contributed by atoms with E-state index in [-0.39, 0.29) is 48.6 Å². The molecule has 3 aliphatic heterocycles. The van der Waals surface area contributed by atoms with Crippen molar-refractivity contribution < 1.29 is 27.9 Å². The average Bonchev–Trinajstić information content (AvgIpc) is 3.62. The number of amides is 3. The number of imidazole rings is 1. The molecule has 4 aromatic rings. The van der Waals surface area contributed by atoms with Gasteiger partial charge in [0.25, 0.3) is 11.8 Å². The number of alkyl halides is 1. The first-order chi connectivity index (χ1) is 27.9. The van der Waals surface area contributed by atoms with Crippen molar-refractivity contribution in [2.75, 3.05) is 60.9 Å². The summed E-state index contributed by atoms with van der Waals surface area (Å²) in [6, 6.07) is 6.80. The predicted molar refractivity (Wildman–Crippen MR) is 219 cm³/mol. The number of pyridine rings is 1. The summed E-state index contributed by atoms with van der Waals surface area (Å²) in [4.78, 5) is 57.7. The van der Waals surface area contributed by atoms with Crippen molar-refractivity contribution in [3.8, 4) is 5.75 Å². The largest absolute Gasteiger partial charge is 0.489 e. The molecule has 0 bridgehead atoms. The first-order valence-electron chi connectivity index (χ1n) is 19.6. The molecule has 7 rings (SSSR count). The van der Waals surface area contributed by atoms with E-state index in [2.05, 4.69) is 35.7 Å². The molecule has 15 nitrogen and oxygen atoms in total. The first kappa shape index (κ1) is 41.5. The first-order valence-corrected chi connectivity index (χ1v) is 19.6. The lowest BCUT2D eigenvalue weighted by Crippen LogP contribution is -2.65. The molecule has 58 heavy (non-hydrogen) atoms. The molecule has 3 amide bonds. The Morgan fingerprint density at radius 3 is 2.47 bits per heavy atom. The molecule has 5 N–H and O–H groups in total. The third kappa shape index (κ3) is 9.36. The van der Waals surface area contributed by atoms with Crippen LogP contribution in [0.25, 0.3) is 11.2 Å². The Kier molecular flexibility index (Phi) is 12.9. The van der Waals surface area contributed by atoms with Gasteiger partial charge >= 0.3 is 0 Å². The van der Waals surface area contributed by atoms with Crippen molar-refractivity contribution in [1.82, 2.24) is 34.9 Å². The number of allylic oxidation sites excluding steroid dienone is 2. The summed E-state index contributed by atoms with van der Waals surface area (Å²) in [6.07, 6.45) is 10.5. The summed E-state index contributed by atoms with van der Waals surface area (Å²) in [5, 5.41) is 8.26. The number of carbonyl (C=O) groups excluding carboxylic acids is 3. The van der Waals surface area contributed by atoms with Crippen molar-refractivity contribution in [3.63, 3.8) is 0 Å². The number of nitrogens with one attached hydrogen (secondary N) is 3. The van der Waals surface area contributed by atoms with Gasteiger partial charge in [-0.05, 0) is 57.9 Å². The molecule has 3 aromatic heterocycles. The van der Waals surface area contributed by atoms with Gasteiger partial charge in [-0.25, -0.2) is 23.7 Å². The molecule has 0 spiro atoms. The van der Waals surface area contributed by atoms with Crippen LogP contribution in [0.4, 0.5) is 26.0 Å². The molecular weight excluding hydrogens is 749 g/mol. The predicted octanol–water partition coefficient (Wildman–Crippen LogP) is 4.28. The monoisotopic (exact) mass is 799 g/mol. The highest BCUT2D eigenvalue weighted by Crippen LogP contribution is 2.34. The molecule has 308 valence electrons. The van der Waals surface area contributed by atoms with Crippen LogP contribution in [0.5, 0.6) is 5.75 Å². The maximum Gasteiger partial charge on any atom is 0.261 e. The van der Waals surface area contributed by atoms with Crippen LogP contribution in [0.15, 0.2) is 73.1 Å². The zero-order chi connectivity index (χ0) is 41.6. The second-order valence-electron chi connectivity index (χ2n) is 14.5. The van der Waals surface area contributed by atoms with Crippen LogP contribution in [0.1, 0.15) is 63.6 Å². The molecule has 0 saturated carbocycles. The lowest BCUT2D eigenvalue weighted by molar-refractivity contribution is -0.123. The highest BCUT2D eigenvalue weighted by Gasteiger charge is 2.45. The van der Waals surface area contributed by atoms with E-state index < -0.39 is 29.3 Å². The topological polar surface area (TPSA) is 175 Å². The van der Waals surface area contributed by atoms with E-state index in [0.717, 1.165) is 17.7 Å². The van der Waals surface area contributed by atoms with Gasteiger partial charge in [-0.15, -0.1) is 0 Å². The van der Waals surface area contributed by atoms with E-state index >= 15 is 4.39 Å². The van der Waals surface area contributed by atoms with E-state index in [0.29, 0.717) is 61.8 Å². The van der Waals surface area contributed by atoms with Gasteiger partial charge in [0.1, 0.15) is 34.8 Å².